The predicted molar refractivity (Wildman–Crippen MR) is 83.5 cm³/mol. The number of hydrogen-bond acceptors (Lipinski definition) is 3. The predicted octanol–water partition coefficient (Wildman–Crippen LogP) is 2.30. The Hall–Kier alpha value is -0.680. The van der Waals surface area contributed by atoms with Crippen LogP contribution < -0.4 is 11.1 Å². The molecule has 20 heavy (non-hydrogen) atoms. The van der Waals surface area contributed by atoms with Gasteiger partial charge in [-0.3, -0.25) is 4.79 Å². The SMILES string of the molecule is COC1CCC(NC(=O)C2(C(N)=S)CCCCCC2)C1. The first-order valence-corrected chi connectivity index (χ1v) is 8.13. The van der Waals surface area contributed by atoms with Crippen LogP contribution in [0.5, 0.6) is 0 Å². The molecule has 0 aromatic rings. The van der Waals surface area contributed by atoms with Crippen LogP contribution in [0.4, 0.5) is 0 Å². The van der Waals surface area contributed by atoms with E-state index in [1.165, 1.54) is 12.8 Å². The first kappa shape index (κ1) is 15.7. The molecule has 2 saturated carbocycles. The van der Waals surface area contributed by atoms with Gasteiger partial charge in [0.05, 0.1) is 16.5 Å². The molecule has 2 atom stereocenters. The normalized spacial score (nSPS) is 29.6. The summed E-state index contributed by atoms with van der Waals surface area (Å²) in [4.78, 5) is 13.1. The van der Waals surface area contributed by atoms with Crippen LogP contribution in [0, 0.1) is 5.41 Å². The number of methoxy groups -OCH3 is 1. The van der Waals surface area contributed by atoms with E-state index in [9.17, 15) is 4.79 Å². The highest BCUT2D eigenvalue weighted by atomic mass is 32.1. The van der Waals surface area contributed by atoms with Crippen molar-refractivity contribution in [2.24, 2.45) is 11.1 Å². The molecule has 0 aromatic heterocycles. The van der Waals surface area contributed by atoms with Gasteiger partial charge in [0, 0.05) is 13.2 Å². The summed E-state index contributed by atoms with van der Waals surface area (Å²) in [6, 6.07) is 0.210. The van der Waals surface area contributed by atoms with Gasteiger partial charge < -0.3 is 15.8 Å². The Balaban J connectivity index is 2.02. The molecule has 5 heteroatoms. The number of carbonyl (C=O) groups is 1. The molecular formula is C15H26N2O2S. The van der Waals surface area contributed by atoms with Crippen molar-refractivity contribution in [2.75, 3.05) is 7.11 Å². The zero-order valence-corrected chi connectivity index (χ0v) is 13.1. The maximum Gasteiger partial charge on any atom is 0.233 e. The summed E-state index contributed by atoms with van der Waals surface area (Å²) in [5.74, 6) is 0.0497. The fourth-order valence-corrected chi connectivity index (χ4v) is 3.82. The molecule has 2 aliphatic rings. The lowest BCUT2D eigenvalue weighted by molar-refractivity contribution is -0.128. The van der Waals surface area contributed by atoms with Crippen molar-refractivity contribution in [3.8, 4) is 0 Å². The van der Waals surface area contributed by atoms with E-state index < -0.39 is 5.41 Å². The summed E-state index contributed by atoms with van der Waals surface area (Å²) < 4.78 is 5.36. The number of hydrogen-bond donors (Lipinski definition) is 2. The zero-order valence-electron chi connectivity index (χ0n) is 12.3. The van der Waals surface area contributed by atoms with Gasteiger partial charge in [0.2, 0.25) is 5.91 Å². The number of nitrogens with two attached hydrogens (primary N) is 1. The average Bonchev–Trinajstić information content (AvgIpc) is 2.73. The highest BCUT2D eigenvalue weighted by Crippen LogP contribution is 2.36. The lowest BCUT2D eigenvalue weighted by Crippen LogP contribution is -2.51. The summed E-state index contributed by atoms with van der Waals surface area (Å²) in [5, 5.41) is 3.18. The Morgan fingerprint density at radius 1 is 1.25 bits per heavy atom. The minimum Gasteiger partial charge on any atom is -0.392 e. The van der Waals surface area contributed by atoms with Gasteiger partial charge in [0.15, 0.2) is 0 Å². The highest BCUT2D eigenvalue weighted by molar-refractivity contribution is 7.80. The first-order valence-electron chi connectivity index (χ1n) is 7.72. The average molecular weight is 298 g/mol. The smallest absolute Gasteiger partial charge is 0.233 e. The van der Waals surface area contributed by atoms with Crippen LogP contribution in [0.2, 0.25) is 0 Å². The minimum atomic E-state index is -0.614. The van der Waals surface area contributed by atoms with Crippen LogP contribution in [0.3, 0.4) is 0 Å². The molecule has 2 fully saturated rings. The molecule has 0 spiro atoms. The van der Waals surface area contributed by atoms with Crippen LogP contribution in [-0.4, -0.2) is 30.2 Å². The first-order chi connectivity index (χ1) is 9.58. The van der Waals surface area contributed by atoms with Crippen molar-refractivity contribution in [3.63, 3.8) is 0 Å². The van der Waals surface area contributed by atoms with E-state index in [-0.39, 0.29) is 18.1 Å². The van der Waals surface area contributed by atoms with Crippen LogP contribution in [0.25, 0.3) is 0 Å². The van der Waals surface area contributed by atoms with Crippen LogP contribution in [-0.2, 0) is 9.53 Å². The van der Waals surface area contributed by atoms with Gasteiger partial charge in [0.25, 0.3) is 0 Å². The van der Waals surface area contributed by atoms with Crippen LogP contribution in [0.15, 0.2) is 0 Å². The summed E-state index contributed by atoms with van der Waals surface area (Å²) in [6.45, 7) is 0. The summed E-state index contributed by atoms with van der Waals surface area (Å²) in [6.07, 6.45) is 9.19. The number of ether oxygens (including phenoxy) is 1. The van der Waals surface area contributed by atoms with E-state index >= 15 is 0 Å². The molecule has 0 saturated heterocycles. The number of carbonyl (C=O) groups excluding carboxylic acids is 1. The van der Waals surface area contributed by atoms with Gasteiger partial charge in [-0.2, -0.15) is 0 Å². The quantitative estimate of drug-likeness (QED) is 0.617. The maximum absolute atomic E-state index is 12.7. The molecule has 3 N–H and O–H groups in total. The number of amides is 1. The van der Waals surface area contributed by atoms with E-state index in [0.717, 1.165) is 44.9 Å². The summed E-state index contributed by atoms with van der Waals surface area (Å²) >= 11 is 5.24. The molecule has 2 aliphatic carbocycles. The van der Waals surface area contributed by atoms with E-state index in [1.807, 2.05) is 0 Å². The summed E-state index contributed by atoms with van der Waals surface area (Å²) in [5.41, 5.74) is 5.33. The Morgan fingerprint density at radius 3 is 2.40 bits per heavy atom. The van der Waals surface area contributed by atoms with E-state index in [2.05, 4.69) is 5.32 Å². The van der Waals surface area contributed by atoms with Crippen molar-refractivity contribution in [2.45, 2.75) is 69.9 Å². The Kier molecular flexibility index (Phi) is 5.38. The topological polar surface area (TPSA) is 64.3 Å². The van der Waals surface area contributed by atoms with Crippen LogP contribution >= 0.6 is 12.2 Å². The largest absolute Gasteiger partial charge is 0.392 e. The molecule has 2 unspecified atom stereocenters. The van der Waals surface area contributed by atoms with Gasteiger partial charge in [-0.1, -0.05) is 37.9 Å². The molecule has 114 valence electrons. The molecule has 0 heterocycles. The number of thiocarbonyl (C=S) groups is 1. The molecule has 0 bridgehead atoms. The molecule has 4 nitrogen and oxygen atoms in total. The van der Waals surface area contributed by atoms with Gasteiger partial charge >= 0.3 is 0 Å². The minimum absolute atomic E-state index is 0.0497. The van der Waals surface area contributed by atoms with Gasteiger partial charge in [-0.15, -0.1) is 0 Å². The van der Waals surface area contributed by atoms with E-state index in [1.54, 1.807) is 7.11 Å². The second-order valence-corrected chi connectivity index (χ2v) is 6.64. The molecule has 1 amide bonds. The monoisotopic (exact) mass is 298 g/mol. The molecule has 0 aromatic carbocycles. The van der Waals surface area contributed by atoms with Crippen molar-refractivity contribution in [3.05, 3.63) is 0 Å². The zero-order chi connectivity index (χ0) is 14.6. The van der Waals surface area contributed by atoms with E-state index in [0.29, 0.717) is 4.99 Å². The summed E-state index contributed by atoms with van der Waals surface area (Å²) in [7, 11) is 1.73. The number of rotatable bonds is 4. The molecule has 2 rings (SSSR count). The van der Waals surface area contributed by atoms with Crippen molar-refractivity contribution in [1.82, 2.24) is 5.32 Å². The standard InChI is InChI=1S/C15H26N2O2S/c1-19-12-7-6-11(10-12)17-14(18)15(13(16)20)8-4-2-3-5-9-15/h11-12H,2-10H2,1H3,(H2,16,20)(H,17,18). The third-order valence-corrected chi connectivity index (χ3v) is 5.31. The molecule has 0 radical (unpaired) electrons. The highest BCUT2D eigenvalue weighted by Gasteiger charge is 2.42. The third-order valence-electron chi connectivity index (χ3n) is 4.92. The Morgan fingerprint density at radius 2 is 1.90 bits per heavy atom. The second-order valence-electron chi connectivity index (χ2n) is 6.20. The maximum atomic E-state index is 12.7. The van der Waals surface area contributed by atoms with Crippen LogP contribution in [0.1, 0.15) is 57.8 Å². The Labute approximate surface area is 126 Å². The van der Waals surface area contributed by atoms with Crippen molar-refractivity contribution >= 4 is 23.1 Å². The lowest BCUT2D eigenvalue weighted by atomic mass is 9.79. The number of nitrogens with one attached hydrogen (secondary N) is 1. The second kappa shape index (κ2) is 6.85. The fraction of sp³-hybridized carbons (Fsp3) is 0.867. The molecular weight excluding hydrogens is 272 g/mol. The van der Waals surface area contributed by atoms with E-state index in [4.69, 9.17) is 22.7 Å². The molecule has 0 aliphatic heterocycles. The van der Waals surface area contributed by atoms with Gasteiger partial charge in [-0.05, 0) is 32.1 Å². The third kappa shape index (κ3) is 3.31. The van der Waals surface area contributed by atoms with Crippen molar-refractivity contribution in [1.29, 1.82) is 0 Å². The van der Waals surface area contributed by atoms with Gasteiger partial charge in [-0.25, -0.2) is 0 Å². The van der Waals surface area contributed by atoms with Gasteiger partial charge in [0.1, 0.15) is 0 Å². The van der Waals surface area contributed by atoms with Crippen molar-refractivity contribution < 1.29 is 9.53 Å². The lowest BCUT2D eigenvalue weighted by Gasteiger charge is -2.31. The Bertz CT molecular complexity index is 365. The fourth-order valence-electron chi connectivity index (χ4n) is 3.53.